The average molecular weight is 398 g/mol. The van der Waals surface area contributed by atoms with E-state index in [1.54, 1.807) is 0 Å². The predicted octanol–water partition coefficient (Wildman–Crippen LogP) is 2.60. The van der Waals surface area contributed by atoms with Crippen molar-refractivity contribution in [3.05, 3.63) is 0 Å². The first-order valence-corrected chi connectivity index (χ1v) is 9.15. The molecule has 2 fully saturated rings. The number of ether oxygens (including phenoxy) is 1. The lowest BCUT2D eigenvalue weighted by Crippen LogP contribution is -2.76. The first-order chi connectivity index (χ1) is 10.7. The molecule has 1 amide bonds. The van der Waals surface area contributed by atoms with Gasteiger partial charge in [0.05, 0.1) is 6.10 Å². The van der Waals surface area contributed by atoms with E-state index in [0.717, 1.165) is 19.0 Å². The second-order valence-electron chi connectivity index (χ2n) is 8.12. The largest absolute Gasteiger partial charge is 0.378 e. The van der Waals surface area contributed by atoms with Crippen molar-refractivity contribution >= 4 is 30.7 Å². The summed E-state index contributed by atoms with van der Waals surface area (Å²) in [5.41, 5.74) is 5.28. The van der Waals surface area contributed by atoms with E-state index in [2.05, 4.69) is 24.1 Å². The molecule has 1 saturated heterocycles. The van der Waals surface area contributed by atoms with Crippen LogP contribution in [-0.4, -0.2) is 54.7 Å². The Hall–Kier alpha value is -0.0700. The third kappa shape index (κ3) is 5.01. The Bertz CT molecular complexity index is 429. The highest BCUT2D eigenvalue weighted by atomic mass is 35.5. The van der Waals surface area contributed by atoms with E-state index in [1.807, 2.05) is 20.8 Å². The number of nitrogens with zero attached hydrogens (tertiary/aromatic N) is 1. The van der Waals surface area contributed by atoms with E-state index in [4.69, 9.17) is 10.5 Å². The van der Waals surface area contributed by atoms with Crippen molar-refractivity contribution < 1.29 is 9.53 Å². The SMILES string of the molecule is CCOC1CC(N)(C(=O)NCC(C)N2CCC(C)CC2)C1(C)C.Cl.Cl. The summed E-state index contributed by atoms with van der Waals surface area (Å²) in [4.78, 5) is 15.1. The normalized spacial score (nSPS) is 30.4. The Kier molecular flexibility index (Phi) is 9.72. The molecule has 7 heteroatoms. The summed E-state index contributed by atoms with van der Waals surface area (Å²) < 4.78 is 5.70. The molecule has 0 bridgehead atoms. The summed E-state index contributed by atoms with van der Waals surface area (Å²) in [5, 5.41) is 3.09. The van der Waals surface area contributed by atoms with Gasteiger partial charge in [0, 0.05) is 31.0 Å². The van der Waals surface area contributed by atoms with Gasteiger partial charge >= 0.3 is 0 Å². The van der Waals surface area contributed by atoms with E-state index in [0.29, 0.717) is 25.6 Å². The van der Waals surface area contributed by atoms with Gasteiger partial charge in [0.2, 0.25) is 5.91 Å². The van der Waals surface area contributed by atoms with Gasteiger partial charge in [-0.2, -0.15) is 0 Å². The van der Waals surface area contributed by atoms with Gasteiger partial charge < -0.3 is 15.8 Å². The number of carbonyl (C=O) groups is 1. The molecule has 2 rings (SSSR count). The van der Waals surface area contributed by atoms with Crippen LogP contribution >= 0.6 is 24.8 Å². The number of nitrogens with one attached hydrogen (secondary N) is 1. The van der Waals surface area contributed by atoms with Crippen LogP contribution in [0.5, 0.6) is 0 Å². The van der Waals surface area contributed by atoms with Crippen molar-refractivity contribution in [2.75, 3.05) is 26.2 Å². The second-order valence-corrected chi connectivity index (χ2v) is 8.12. The summed E-state index contributed by atoms with van der Waals surface area (Å²) in [6.45, 7) is 14.1. The van der Waals surface area contributed by atoms with Crippen molar-refractivity contribution in [1.82, 2.24) is 10.2 Å². The third-order valence-electron chi connectivity index (χ3n) is 6.23. The maximum Gasteiger partial charge on any atom is 0.240 e. The van der Waals surface area contributed by atoms with Gasteiger partial charge in [0.25, 0.3) is 0 Å². The summed E-state index contributed by atoms with van der Waals surface area (Å²) in [6, 6.07) is 0.362. The van der Waals surface area contributed by atoms with Gasteiger partial charge in [-0.05, 0) is 45.7 Å². The smallest absolute Gasteiger partial charge is 0.240 e. The minimum atomic E-state index is -0.816. The molecule has 1 saturated carbocycles. The van der Waals surface area contributed by atoms with E-state index in [-0.39, 0.29) is 42.2 Å². The molecule has 0 radical (unpaired) electrons. The van der Waals surface area contributed by atoms with Crippen molar-refractivity contribution in [3.8, 4) is 0 Å². The Morgan fingerprint density at radius 1 is 1.32 bits per heavy atom. The molecule has 0 spiro atoms. The third-order valence-corrected chi connectivity index (χ3v) is 6.23. The number of hydrogen-bond acceptors (Lipinski definition) is 4. The van der Waals surface area contributed by atoms with Crippen molar-refractivity contribution in [2.45, 2.75) is 71.6 Å². The maximum atomic E-state index is 12.6. The van der Waals surface area contributed by atoms with Gasteiger partial charge in [-0.3, -0.25) is 9.69 Å². The molecule has 3 atom stereocenters. The number of nitrogens with two attached hydrogens (primary N) is 1. The number of halogens is 2. The number of piperidine rings is 1. The van der Waals surface area contributed by atoms with E-state index in [9.17, 15) is 4.79 Å². The molecule has 5 nitrogen and oxygen atoms in total. The van der Waals surface area contributed by atoms with Crippen LogP contribution < -0.4 is 11.1 Å². The molecule has 3 unspecified atom stereocenters. The van der Waals surface area contributed by atoms with Gasteiger partial charge in [0.15, 0.2) is 0 Å². The number of hydrogen-bond donors (Lipinski definition) is 2. The van der Waals surface area contributed by atoms with Crippen LogP contribution in [0.15, 0.2) is 0 Å². The molecule has 2 aliphatic rings. The fraction of sp³-hybridized carbons (Fsp3) is 0.944. The predicted molar refractivity (Wildman–Crippen MR) is 108 cm³/mol. The molecular formula is C18H37Cl2N3O2. The summed E-state index contributed by atoms with van der Waals surface area (Å²) in [5.74, 6) is 0.794. The Morgan fingerprint density at radius 3 is 2.36 bits per heavy atom. The van der Waals surface area contributed by atoms with Gasteiger partial charge in [-0.1, -0.05) is 20.8 Å². The van der Waals surface area contributed by atoms with Gasteiger partial charge in [0.1, 0.15) is 5.54 Å². The highest BCUT2D eigenvalue weighted by Crippen LogP contribution is 2.49. The maximum absolute atomic E-state index is 12.6. The summed E-state index contributed by atoms with van der Waals surface area (Å²) >= 11 is 0. The molecule has 1 aliphatic heterocycles. The van der Waals surface area contributed by atoms with E-state index >= 15 is 0 Å². The second kappa shape index (κ2) is 9.75. The van der Waals surface area contributed by atoms with E-state index in [1.165, 1.54) is 12.8 Å². The monoisotopic (exact) mass is 397 g/mol. The molecule has 0 aromatic carbocycles. The van der Waals surface area contributed by atoms with Crippen LogP contribution in [0.4, 0.5) is 0 Å². The zero-order valence-corrected chi connectivity index (χ0v) is 18.0. The quantitative estimate of drug-likeness (QED) is 0.722. The first kappa shape index (κ1) is 24.9. The number of carbonyl (C=O) groups excluding carboxylic acids is 1. The molecular weight excluding hydrogens is 361 g/mol. The standard InChI is InChI=1S/C18H35N3O2.2ClH/c1-6-23-15-11-18(19,17(15,4)5)16(22)20-12-14(3)21-9-7-13(2)8-10-21;;/h13-15H,6-12,19H2,1-5H3,(H,20,22);2*1H. The molecule has 3 N–H and O–H groups in total. The molecule has 0 aromatic rings. The van der Waals surface area contributed by atoms with Crippen molar-refractivity contribution in [2.24, 2.45) is 17.1 Å². The molecule has 1 aliphatic carbocycles. The lowest BCUT2D eigenvalue weighted by molar-refractivity contribution is -0.170. The molecule has 150 valence electrons. The van der Waals surface area contributed by atoms with Crippen LogP contribution in [0.25, 0.3) is 0 Å². The number of likely N-dealkylation sites (tertiary alicyclic amines) is 1. The topological polar surface area (TPSA) is 67.6 Å². The Balaban J connectivity index is 0.00000288. The molecule has 25 heavy (non-hydrogen) atoms. The van der Waals surface area contributed by atoms with Crippen molar-refractivity contribution in [3.63, 3.8) is 0 Å². The first-order valence-electron chi connectivity index (χ1n) is 9.15. The Morgan fingerprint density at radius 2 is 1.88 bits per heavy atom. The van der Waals surface area contributed by atoms with Gasteiger partial charge in [-0.25, -0.2) is 0 Å². The minimum Gasteiger partial charge on any atom is -0.378 e. The number of amides is 1. The zero-order valence-electron chi connectivity index (χ0n) is 16.3. The minimum absolute atomic E-state index is 0. The molecule has 1 heterocycles. The average Bonchev–Trinajstić information content (AvgIpc) is 2.52. The van der Waals surface area contributed by atoms with Crippen LogP contribution in [0.1, 0.15) is 53.9 Å². The highest BCUT2D eigenvalue weighted by molar-refractivity contribution is 5.88. The lowest BCUT2D eigenvalue weighted by atomic mass is 9.54. The molecule has 0 aromatic heterocycles. The Labute approximate surface area is 165 Å². The fourth-order valence-corrected chi connectivity index (χ4v) is 3.82. The number of rotatable bonds is 6. The van der Waals surface area contributed by atoms with Crippen LogP contribution in [0.2, 0.25) is 0 Å². The van der Waals surface area contributed by atoms with Gasteiger partial charge in [-0.15, -0.1) is 24.8 Å². The lowest BCUT2D eigenvalue weighted by Gasteiger charge is -2.57. The highest BCUT2D eigenvalue weighted by Gasteiger charge is 2.62. The van der Waals surface area contributed by atoms with Crippen LogP contribution in [-0.2, 0) is 9.53 Å². The van der Waals surface area contributed by atoms with Crippen LogP contribution in [0, 0.1) is 11.3 Å². The summed E-state index contributed by atoms with van der Waals surface area (Å²) in [6.07, 6.45) is 3.18. The van der Waals surface area contributed by atoms with E-state index < -0.39 is 5.54 Å². The summed E-state index contributed by atoms with van der Waals surface area (Å²) in [7, 11) is 0. The van der Waals surface area contributed by atoms with Crippen molar-refractivity contribution in [1.29, 1.82) is 0 Å². The fourth-order valence-electron chi connectivity index (χ4n) is 3.82. The van der Waals surface area contributed by atoms with Crippen LogP contribution in [0.3, 0.4) is 0 Å². The zero-order chi connectivity index (χ0) is 17.3.